The van der Waals surface area contributed by atoms with Gasteiger partial charge in [0.05, 0.1) is 0 Å². The topological polar surface area (TPSA) is 0 Å². The van der Waals surface area contributed by atoms with Gasteiger partial charge in [0.2, 0.25) is 0 Å². The van der Waals surface area contributed by atoms with Crippen molar-refractivity contribution in [1.29, 1.82) is 0 Å². The van der Waals surface area contributed by atoms with Crippen molar-refractivity contribution in [3.8, 4) is 0 Å². The molecule has 0 spiro atoms. The molecule has 0 saturated heterocycles. The van der Waals surface area contributed by atoms with E-state index in [0.29, 0.717) is 0 Å². The summed E-state index contributed by atoms with van der Waals surface area (Å²) in [6.45, 7) is 5.49. The van der Waals surface area contributed by atoms with Crippen LogP contribution in [0.1, 0.15) is 33.6 Å². The molecule has 74 valence electrons. The van der Waals surface area contributed by atoms with Gasteiger partial charge in [-0.25, -0.2) is 0 Å². The maximum atomic E-state index is 12.2. The predicted octanol–water partition coefficient (Wildman–Crippen LogP) is 3.71. The molecule has 1 saturated carbocycles. The third kappa shape index (κ3) is 1.57. The Kier molecular flexibility index (Phi) is 3.54. The van der Waals surface area contributed by atoms with Gasteiger partial charge in [-0.15, -0.1) is 0 Å². The second kappa shape index (κ2) is 3.62. The molecule has 1 aliphatic carbocycles. The minimum absolute atomic E-state index is 0.128. The second-order valence-electron chi connectivity index (χ2n) is 2.64. The van der Waals surface area contributed by atoms with Crippen LogP contribution in [-0.2, 0) is 0 Å². The summed E-state index contributed by atoms with van der Waals surface area (Å²) in [5.74, 6) is -8.60. The van der Waals surface area contributed by atoms with E-state index in [4.69, 9.17) is 0 Å². The molecule has 4 heteroatoms. The van der Waals surface area contributed by atoms with Gasteiger partial charge in [-0.3, -0.25) is 0 Å². The van der Waals surface area contributed by atoms with Crippen LogP contribution in [0.4, 0.5) is 17.6 Å². The molecule has 0 heterocycles. The molecular weight excluding hydrogens is 172 g/mol. The molecule has 1 atom stereocenters. The summed E-state index contributed by atoms with van der Waals surface area (Å²) in [6, 6.07) is 0. The molecule has 0 amide bonds. The van der Waals surface area contributed by atoms with Crippen LogP contribution < -0.4 is 0 Å². The predicted molar refractivity (Wildman–Crippen MR) is 39.6 cm³/mol. The molecule has 0 nitrogen and oxygen atoms in total. The van der Waals surface area contributed by atoms with Crippen LogP contribution in [0.2, 0.25) is 0 Å². The lowest BCUT2D eigenvalue weighted by Gasteiger charge is -2.43. The lowest BCUT2D eigenvalue weighted by atomic mass is 9.75. The lowest BCUT2D eigenvalue weighted by Crippen LogP contribution is -2.58. The fraction of sp³-hybridized carbons (Fsp3) is 1.00. The van der Waals surface area contributed by atoms with E-state index in [0.717, 1.165) is 0 Å². The van der Waals surface area contributed by atoms with Crippen LogP contribution in [0.3, 0.4) is 0 Å². The fourth-order valence-electron chi connectivity index (χ4n) is 1.14. The van der Waals surface area contributed by atoms with Crippen LogP contribution in [0, 0.1) is 5.92 Å². The highest BCUT2D eigenvalue weighted by Crippen LogP contribution is 2.56. The van der Waals surface area contributed by atoms with E-state index in [1.54, 1.807) is 0 Å². The highest BCUT2D eigenvalue weighted by atomic mass is 19.3. The summed E-state index contributed by atoms with van der Waals surface area (Å²) in [5.41, 5.74) is 0. The molecule has 0 aromatic carbocycles. The van der Waals surface area contributed by atoms with Crippen molar-refractivity contribution in [2.45, 2.75) is 45.5 Å². The smallest absolute Gasteiger partial charge is 0.200 e. The van der Waals surface area contributed by atoms with E-state index in [9.17, 15) is 17.6 Å². The molecule has 0 bridgehead atoms. The largest absolute Gasteiger partial charge is 0.313 e. The van der Waals surface area contributed by atoms with Crippen molar-refractivity contribution in [2.24, 2.45) is 5.92 Å². The zero-order valence-corrected chi connectivity index (χ0v) is 7.50. The van der Waals surface area contributed by atoms with E-state index in [2.05, 4.69) is 0 Å². The molecular formula is C8H14F4. The van der Waals surface area contributed by atoms with Crippen LogP contribution >= 0.6 is 0 Å². The molecule has 0 aromatic rings. The average Bonchev–Trinajstić information content (AvgIpc) is 2.04. The number of alkyl halides is 4. The Morgan fingerprint density at radius 2 is 1.58 bits per heavy atom. The van der Waals surface area contributed by atoms with Crippen LogP contribution in [0.15, 0.2) is 0 Å². The molecule has 1 rings (SSSR count). The SMILES string of the molecule is CC.CCC1CC(F)(F)C1(F)F. The Morgan fingerprint density at radius 3 is 1.67 bits per heavy atom. The maximum Gasteiger partial charge on any atom is 0.313 e. The molecule has 12 heavy (non-hydrogen) atoms. The maximum absolute atomic E-state index is 12.2. The summed E-state index contributed by atoms with van der Waals surface area (Å²) >= 11 is 0. The monoisotopic (exact) mass is 186 g/mol. The van der Waals surface area contributed by atoms with Gasteiger partial charge >= 0.3 is 11.8 Å². The minimum Gasteiger partial charge on any atom is -0.200 e. The molecule has 1 unspecified atom stereocenters. The average molecular weight is 186 g/mol. The highest BCUT2D eigenvalue weighted by molar-refractivity contribution is 5.02. The number of rotatable bonds is 1. The van der Waals surface area contributed by atoms with Crippen molar-refractivity contribution in [3.63, 3.8) is 0 Å². The molecule has 0 aliphatic heterocycles. The Morgan fingerprint density at radius 1 is 1.17 bits per heavy atom. The van der Waals surface area contributed by atoms with Gasteiger partial charge in [-0.05, 0) is 6.42 Å². The Bertz CT molecular complexity index is 142. The highest BCUT2D eigenvalue weighted by Gasteiger charge is 2.70. The fourth-order valence-corrected chi connectivity index (χ4v) is 1.14. The van der Waals surface area contributed by atoms with Gasteiger partial charge in [0, 0.05) is 12.3 Å². The van der Waals surface area contributed by atoms with Gasteiger partial charge in [-0.1, -0.05) is 20.8 Å². The summed E-state index contributed by atoms with van der Waals surface area (Å²) in [5, 5.41) is 0. The first-order valence-electron chi connectivity index (χ1n) is 4.17. The number of hydrogen-bond donors (Lipinski definition) is 0. The van der Waals surface area contributed by atoms with E-state index in [-0.39, 0.29) is 6.42 Å². The summed E-state index contributed by atoms with van der Waals surface area (Å²) < 4.78 is 48.5. The van der Waals surface area contributed by atoms with Gasteiger partial charge in [0.15, 0.2) is 0 Å². The van der Waals surface area contributed by atoms with E-state index >= 15 is 0 Å². The quantitative estimate of drug-likeness (QED) is 0.547. The van der Waals surface area contributed by atoms with Gasteiger partial charge < -0.3 is 0 Å². The molecule has 0 N–H and O–H groups in total. The summed E-state index contributed by atoms with van der Waals surface area (Å²) in [7, 11) is 0. The molecule has 0 radical (unpaired) electrons. The third-order valence-corrected chi connectivity index (χ3v) is 2.00. The van der Waals surface area contributed by atoms with Crippen molar-refractivity contribution in [1.82, 2.24) is 0 Å². The zero-order chi connectivity index (χ0) is 9.99. The van der Waals surface area contributed by atoms with Crippen LogP contribution in [0.5, 0.6) is 0 Å². The first-order chi connectivity index (χ1) is 5.42. The Hall–Kier alpha value is -0.280. The third-order valence-electron chi connectivity index (χ3n) is 2.00. The minimum atomic E-state index is -3.75. The van der Waals surface area contributed by atoms with Gasteiger partial charge in [0.25, 0.3) is 0 Å². The van der Waals surface area contributed by atoms with Crippen molar-refractivity contribution < 1.29 is 17.6 Å². The Labute approximate surface area is 70.0 Å². The van der Waals surface area contributed by atoms with Crippen molar-refractivity contribution in [3.05, 3.63) is 0 Å². The standard InChI is InChI=1S/C6H8F4.C2H6/c1-2-4-3-5(7,8)6(4,9)10;1-2/h4H,2-3H2,1H3;1-2H3. The van der Waals surface area contributed by atoms with Crippen molar-refractivity contribution >= 4 is 0 Å². The first kappa shape index (κ1) is 11.7. The number of halogens is 4. The normalized spacial score (nSPS) is 29.8. The van der Waals surface area contributed by atoms with E-state index in [1.165, 1.54) is 6.92 Å². The first-order valence-corrected chi connectivity index (χ1v) is 4.17. The lowest BCUT2D eigenvalue weighted by molar-refractivity contribution is -0.313. The van der Waals surface area contributed by atoms with Crippen molar-refractivity contribution in [2.75, 3.05) is 0 Å². The van der Waals surface area contributed by atoms with Gasteiger partial charge in [-0.2, -0.15) is 17.6 Å². The van der Waals surface area contributed by atoms with Crippen LogP contribution in [-0.4, -0.2) is 11.8 Å². The van der Waals surface area contributed by atoms with Gasteiger partial charge in [0.1, 0.15) is 0 Å². The molecule has 1 fully saturated rings. The van der Waals surface area contributed by atoms with E-state index < -0.39 is 24.2 Å². The van der Waals surface area contributed by atoms with Crippen LogP contribution in [0.25, 0.3) is 0 Å². The zero-order valence-electron chi connectivity index (χ0n) is 7.50. The molecule has 0 aromatic heterocycles. The van der Waals surface area contributed by atoms with E-state index in [1.807, 2.05) is 13.8 Å². The summed E-state index contributed by atoms with van der Waals surface area (Å²) in [4.78, 5) is 0. The second-order valence-corrected chi connectivity index (χ2v) is 2.64. The summed E-state index contributed by atoms with van der Waals surface area (Å²) in [6.07, 6.45) is -0.529. The molecule has 1 aliphatic rings. The number of hydrogen-bond acceptors (Lipinski definition) is 0. The Balaban J connectivity index is 0.000000561.